The zero-order valence-corrected chi connectivity index (χ0v) is 11.2. The van der Waals surface area contributed by atoms with E-state index in [4.69, 9.17) is 11.6 Å². The predicted octanol–water partition coefficient (Wildman–Crippen LogP) is 2.80. The highest BCUT2D eigenvalue weighted by Crippen LogP contribution is 2.69. The van der Waals surface area contributed by atoms with E-state index in [1.807, 2.05) is 0 Å². The van der Waals surface area contributed by atoms with E-state index in [-0.39, 0.29) is 5.38 Å². The minimum Gasteiger partial charge on any atom is -0.356 e. The third kappa shape index (κ3) is 1.99. The molecule has 3 rings (SSSR count). The average molecular weight is 256 g/mol. The summed E-state index contributed by atoms with van der Waals surface area (Å²) in [4.78, 5) is 12.1. The van der Waals surface area contributed by atoms with Crippen LogP contribution in [0.15, 0.2) is 0 Å². The standard InChI is InChI=1S/C14H22ClNO/c1-2-10(15)5-6-16-14(17)13-11-8-3-4-9(7-8)12(11)13/h8-13H,2-7H2,1H3,(H,16,17). The second-order valence-corrected chi connectivity index (χ2v) is 6.72. The van der Waals surface area contributed by atoms with E-state index in [0.717, 1.165) is 43.1 Å². The fourth-order valence-electron chi connectivity index (χ4n) is 4.35. The molecule has 1 amide bonds. The first-order chi connectivity index (χ1) is 8.22. The maximum Gasteiger partial charge on any atom is 0.223 e. The number of rotatable bonds is 5. The van der Waals surface area contributed by atoms with Gasteiger partial charge in [-0.3, -0.25) is 4.79 Å². The van der Waals surface area contributed by atoms with Crippen LogP contribution < -0.4 is 5.32 Å². The lowest BCUT2D eigenvalue weighted by Crippen LogP contribution is -2.29. The summed E-state index contributed by atoms with van der Waals surface area (Å²) in [5, 5.41) is 3.30. The average Bonchev–Trinajstić information content (AvgIpc) is 2.78. The Morgan fingerprint density at radius 3 is 2.59 bits per heavy atom. The highest BCUT2D eigenvalue weighted by atomic mass is 35.5. The molecule has 2 nitrogen and oxygen atoms in total. The minimum absolute atomic E-state index is 0.213. The van der Waals surface area contributed by atoms with E-state index < -0.39 is 0 Å². The van der Waals surface area contributed by atoms with Gasteiger partial charge in [0.25, 0.3) is 0 Å². The number of hydrogen-bond donors (Lipinski definition) is 1. The van der Waals surface area contributed by atoms with Crippen molar-refractivity contribution >= 4 is 17.5 Å². The molecule has 3 heteroatoms. The van der Waals surface area contributed by atoms with Gasteiger partial charge in [-0.05, 0) is 55.8 Å². The molecule has 96 valence electrons. The summed E-state index contributed by atoms with van der Waals surface area (Å²) in [6.07, 6.45) is 6.07. The largest absolute Gasteiger partial charge is 0.356 e. The Morgan fingerprint density at radius 2 is 2.00 bits per heavy atom. The first-order valence-electron chi connectivity index (χ1n) is 7.14. The quantitative estimate of drug-likeness (QED) is 0.752. The molecular formula is C14H22ClNO. The topological polar surface area (TPSA) is 29.1 Å². The van der Waals surface area contributed by atoms with Crippen molar-refractivity contribution in [2.75, 3.05) is 6.54 Å². The van der Waals surface area contributed by atoms with E-state index in [1.165, 1.54) is 19.3 Å². The lowest BCUT2D eigenvalue weighted by molar-refractivity contribution is -0.123. The third-order valence-corrected chi connectivity index (χ3v) is 5.76. The summed E-state index contributed by atoms with van der Waals surface area (Å²) in [6.45, 7) is 2.84. The molecule has 5 unspecified atom stereocenters. The second-order valence-electron chi connectivity index (χ2n) is 6.10. The SMILES string of the molecule is CCC(Cl)CCNC(=O)C1C2C3CCC(C3)C12. The van der Waals surface area contributed by atoms with Crippen LogP contribution in [0.25, 0.3) is 0 Å². The summed E-state index contributed by atoms with van der Waals surface area (Å²) in [5.41, 5.74) is 0. The fraction of sp³-hybridized carbons (Fsp3) is 0.929. The normalized spacial score (nSPS) is 43.3. The first kappa shape index (κ1) is 11.8. The van der Waals surface area contributed by atoms with Crippen LogP contribution in [0.4, 0.5) is 0 Å². The molecule has 0 saturated heterocycles. The van der Waals surface area contributed by atoms with Gasteiger partial charge in [0.2, 0.25) is 5.91 Å². The molecule has 0 aliphatic heterocycles. The first-order valence-corrected chi connectivity index (χ1v) is 7.57. The van der Waals surface area contributed by atoms with Gasteiger partial charge in [0.1, 0.15) is 0 Å². The van der Waals surface area contributed by atoms with Crippen molar-refractivity contribution in [2.24, 2.45) is 29.6 Å². The number of halogens is 1. The van der Waals surface area contributed by atoms with E-state index in [1.54, 1.807) is 0 Å². The van der Waals surface area contributed by atoms with Crippen molar-refractivity contribution in [1.29, 1.82) is 0 Å². The molecule has 17 heavy (non-hydrogen) atoms. The minimum atomic E-state index is 0.213. The molecule has 0 aromatic heterocycles. The van der Waals surface area contributed by atoms with E-state index >= 15 is 0 Å². The number of hydrogen-bond acceptors (Lipinski definition) is 1. The Morgan fingerprint density at radius 1 is 1.35 bits per heavy atom. The van der Waals surface area contributed by atoms with Crippen LogP contribution in [0.1, 0.15) is 39.0 Å². The molecule has 2 bridgehead atoms. The van der Waals surface area contributed by atoms with Crippen LogP contribution in [0, 0.1) is 29.6 Å². The Kier molecular flexibility index (Phi) is 3.10. The summed E-state index contributed by atoms with van der Waals surface area (Å²) in [5.74, 6) is 3.97. The van der Waals surface area contributed by atoms with Gasteiger partial charge in [0.15, 0.2) is 0 Å². The summed E-state index contributed by atoms with van der Waals surface area (Å²) >= 11 is 6.04. The number of nitrogens with one attached hydrogen (secondary N) is 1. The molecule has 3 fully saturated rings. The Balaban J connectivity index is 1.43. The van der Waals surface area contributed by atoms with Gasteiger partial charge in [0, 0.05) is 17.8 Å². The molecule has 1 N–H and O–H groups in total. The van der Waals surface area contributed by atoms with Crippen molar-refractivity contribution in [1.82, 2.24) is 5.32 Å². The van der Waals surface area contributed by atoms with Crippen molar-refractivity contribution in [3.63, 3.8) is 0 Å². The van der Waals surface area contributed by atoms with Crippen LogP contribution in [0.5, 0.6) is 0 Å². The monoisotopic (exact) mass is 255 g/mol. The van der Waals surface area contributed by atoms with Crippen molar-refractivity contribution in [3.05, 3.63) is 0 Å². The second kappa shape index (κ2) is 4.46. The van der Waals surface area contributed by atoms with Crippen LogP contribution in [0.3, 0.4) is 0 Å². The number of fused-ring (bicyclic) bond motifs is 5. The Hall–Kier alpha value is -0.240. The van der Waals surface area contributed by atoms with E-state index in [9.17, 15) is 4.79 Å². The van der Waals surface area contributed by atoms with Crippen LogP contribution in [-0.2, 0) is 4.79 Å². The number of alkyl halides is 1. The molecule has 3 saturated carbocycles. The lowest BCUT2D eigenvalue weighted by atomic mass is 10.0. The lowest BCUT2D eigenvalue weighted by Gasteiger charge is -2.10. The van der Waals surface area contributed by atoms with Gasteiger partial charge in [-0.25, -0.2) is 0 Å². The van der Waals surface area contributed by atoms with E-state index in [2.05, 4.69) is 12.2 Å². The number of carbonyl (C=O) groups excluding carboxylic acids is 1. The molecule has 0 aromatic rings. The Labute approximate surface area is 108 Å². The molecule has 0 heterocycles. The molecule has 3 aliphatic rings. The fourth-order valence-corrected chi connectivity index (χ4v) is 4.46. The maximum absolute atomic E-state index is 12.1. The summed E-state index contributed by atoms with van der Waals surface area (Å²) in [7, 11) is 0. The third-order valence-electron chi connectivity index (χ3n) is 5.24. The van der Waals surface area contributed by atoms with Crippen molar-refractivity contribution in [3.8, 4) is 0 Å². The Bertz CT molecular complexity index is 303. The van der Waals surface area contributed by atoms with Crippen molar-refractivity contribution < 1.29 is 4.79 Å². The van der Waals surface area contributed by atoms with Gasteiger partial charge in [-0.1, -0.05) is 6.92 Å². The number of carbonyl (C=O) groups is 1. The van der Waals surface area contributed by atoms with E-state index in [0.29, 0.717) is 11.8 Å². The van der Waals surface area contributed by atoms with Gasteiger partial charge in [0.05, 0.1) is 0 Å². The predicted molar refractivity (Wildman–Crippen MR) is 68.9 cm³/mol. The molecule has 3 aliphatic carbocycles. The zero-order chi connectivity index (χ0) is 12.0. The van der Waals surface area contributed by atoms with Gasteiger partial charge >= 0.3 is 0 Å². The maximum atomic E-state index is 12.1. The molecular weight excluding hydrogens is 234 g/mol. The highest BCUT2D eigenvalue weighted by Gasteiger charge is 2.67. The molecule has 0 aromatic carbocycles. The van der Waals surface area contributed by atoms with Crippen molar-refractivity contribution in [2.45, 2.75) is 44.4 Å². The van der Waals surface area contributed by atoms with Crippen LogP contribution in [0.2, 0.25) is 0 Å². The van der Waals surface area contributed by atoms with Gasteiger partial charge in [-0.2, -0.15) is 0 Å². The molecule has 0 spiro atoms. The summed E-state index contributed by atoms with van der Waals surface area (Å²) < 4.78 is 0. The van der Waals surface area contributed by atoms with Crippen LogP contribution >= 0.6 is 11.6 Å². The van der Waals surface area contributed by atoms with Gasteiger partial charge in [-0.15, -0.1) is 11.6 Å². The smallest absolute Gasteiger partial charge is 0.223 e. The zero-order valence-electron chi connectivity index (χ0n) is 10.5. The number of amides is 1. The van der Waals surface area contributed by atoms with Gasteiger partial charge < -0.3 is 5.32 Å². The molecule has 5 atom stereocenters. The van der Waals surface area contributed by atoms with Crippen LogP contribution in [-0.4, -0.2) is 17.8 Å². The molecule has 0 radical (unpaired) electrons. The summed E-state index contributed by atoms with van der Waals surface area (Å²) in [6, 6.07) is 0. The highest BCUT2D eigenvalue weighted by molar-refractivity contribution is 6.20.